The maximum atomic E-state index is 13.0. The van der Waals surface area contributed by atoms with Gasteiger partial charge in [-0.25, -0.2) is 9.78 Å². The highest BCUT2D eigenvalue weighted by molar-refractivity contribution is 5.78. The second kappa shape index (κ2) is 7.72. The van der Waals surface area contributed by atoms with Gasteiger partial charge in [0.15, 0.2) is 11.9 Å². The molecule has 4 aliphatic heterocycles. The minimum absolute atomic E-state index is 0.0382. The van der Waals surface area contributed by atoms with Gasteiger partial charge in [0.2, 0.25) is 11.7 Å². The van der Waals surface area contributed by atoms with Gasteiger partial charge in [-0.15, -0.1) is 0 Å². The Bertz CT molecular complexity index is 666. The van der Waals surface area contributed by atoms with Crippen molar-refractivity contribution in [1.82, 2.24) is 4.90 Å². The first-order chi connectivity index (χ1) is 14.3. The van der Waals surface area contributed by atoms with Crippen LogP contribution in [0.3, 0.4) is 0 Å². The highest BCUT2D eigenvalue weighted by atomic mass is 17.3. The van der Waals surface area contributed by atoms with Crippen LogP contribution >= 0.6 is 0 Å². The highest BCUT2D eigenvalue weighted by Crippen LogP contribution is 2.60. The van der Waals surface area contributed by atoms with Gasteiger partial charge in [-0.1, -0.05) is 33.1 Å². The Labute approximate surface area is 180 Å². The zero-order chi connectivity index (χ0) is 21.1. The number of nitrogens with zero attached hydrogens (tertiary/aromatic N) is 1. The fourth-order valence-electron chi connectivity index (χ4n) is 7.21. The molecule has 6 heteroatoms. The average Bonchev–Trinajstić information content (AvgIpc) is 2.98. The molecule has 1 spiro atoms. The van der Waals surface area contributed by atoms with Crippen LogP contribution in [0, 0.1) is 29.6 Å². The summed E-state index contributed by atoms with van der Waals surface area (Å²) in [5, 5.41) is 0. The van der Waals surface area contributed by atoms with Crippen molar-refractivity contribution < 1.29 is 24.0 Å². The van der Waals surface area contributed by atoms with E-state index in [0.29, 0.717) is 24.3 Å². The number of hydrogen-bond acceptors (Lipinski definition) is 5. The average molecular weight is 422 g/mol. The van der Waals surface area contributed by atoms with E-state index in [1.165, 1.54) is 25.7 Å². The van der Waals surface area contributed by atoms with E-state index in [1.807, 2.05) is 18.9 Å². The third kappa shape index (κ3) is 3.25. The van der Waals surface area contributed by atoms with Crippen molar-refractivity contribution in [3.05, 3.63) is 0 Å². The lowest BCUT2D eigenvalue weighted by Gasteiger charge is -2.60. The molecule has 0 N–H and O–H groups in total. The van der Waals surface area contributed by atoms with Crippen LogP contribution in [0.1, 0.15) is 78.6 Å². The number of carbonyl (C=O) groups is 1. The van der Waals surface area contributed by atoms with E-state index in [2.05, 4.69) is 13.8 Å². The molecule has 0 unspecified atom stereocenters. The van der Waals surface area contributed by atoms with Crippen LogP contribution in [0.25, 0.3) is 0 Å². The van der Waals surface area contributed by atoms with Crippen LogP contribution < -0.4 is 0 Å². The molecule has 0 aromatic rings. The van der Waals surface area contributed by atoms with Gasteiger partial charge in [0.1, 0.15) is 0 Å². The fourth-order valence-corrected chi connectivity index (χ4v) is 7.21. The molecular weight excluding hydrogens is 382 g/mol. The van der Waals surface area contributed by atoms with Crippen molar-refractivity contribution >= 4 is 5.91 Å². The third-order valence-corrected chi connectivity index (χ3v) is 9.08. The lowest BCUT2D eigenvalue weighted by atomic mass is 9.57. The maximum absolute atomic E-state index is 13.0. The predicted molar refractivity (Wildman–Crippen MR) is 111 cm³/mol. The van der Waals surface area contributed by atoms with Gasteiger partial charge in [0.25, 0.3) is 0 Å². The summed E-state index contributed by atoms with van der Waals surface area (Å²) >= 11 is 0. The van der Waals surface area contributed by atoms with E-state index in [4.69, 9.17) is 19.2 Å². The largest absolute Gasteiger partial charge is 0.344 e. The Balaban J connectivity index is 1.37. The standard InChI is InChI=1S/C24H39NO5/c1-15-10-11-19-16(2)20(14-25(4)21(26)17-8-6-5-7-9-17)27-22-24(19)18(15)12-13-23(3,28-22)29-30-24/h15-20,22H,5-14H2,1-4H3/t15-,16-,18+,19+,20-,22-,23-,24-/m1/s1. The van der Waals surface area contributed by atoms with Crippen LogP contribution in [0.5, 0.6) is 0 Å². The molecule has 6 aliphatic rings. The van der Waals surface area contributed by atoms with E-state index in [0.717, 1.165) is 32.1 Å². The van der Waals surface area contributed by atoms with E-state index >= 15 is 0 Å². The van der Waals surface area contributed by atoms with Crippen molar-refractivity contribution in [3.63, 3.8) is 0 Å². The summed E-state index contributed by atoms with van der Waals surface area (Å²) in [6.07, 6.45) is 9.40. The normalized spacial score (nSPS) is 48.7. The van der Waals surface area contributed by atoms with E-state index in [1.54, 1.807) is 0 Å². The summed E-state index contributed by atoms with van der Waals surface area (Å²) in [5.41, 5.74) is -0.518. The second-order valence-corrected chi connectivity index (χ2v) is 11.0. The van der Waals surface area contributed by atoms with Crippen molar-refractivity contribution in [2.75, 3.05) is 13.6 Å². The zero-order valence-corrected chi connectivity index (χ0v) is 19.1. The number of rotatable bonds is 3. The van der Waals surface area contributed by atoms with Crippen LogP contribution in [0.15, 0.2) is 0 Å². The quantitative estimate of drug-likeness (QED) is 0.637. The fraction of sp³-hybridized carbons (Fsp3) is 0.958. The SMILES string of the molecule is C[C@H]1[C@@H](CN(C)C(=O)C2CCCCC2)O[C@@H]2O[C@@]3(C)CC[C@H]4[C@H](C)CC[C@@H]1[C@@]24OO3. The van der Waals surface area contributed by atoms with Crippen molar-refractivity contribution in [2.45, 2.75) is 102 Å². The van der Waals surface area contributed by atoms with Gasteiger partial charge in [-0.05, 0) is 56.8 Å². The lowest BCUT2D eigenvalue weighted by Crippen LogP contribution is -2.71. The van der Waals surface area contributed by atoms with Crippen LogP contribution in [0.4, 0.5) is 0 Å². The lowest BCUT2D eigenvalue weighted by molar-refractivity contribution is -0.571. The third-order valence-electron chi connectivity index (χ3n) is 9.08. The van der Waals surface area contributed by atoms with Gasteiger partial charge in [0, 0.05) is 31.8 Å². The van der Waals surface area contributed by atoms with E-state index < -0.39 is 17.7 Å². The molecule has 8 atom stereocenters. The minimum atomic E-state index is -0.744. The second-order valence-electron chi connectivity index (χ2n) is 11.0. The van der Waals surface area contributed by atoms with Gasteiger partial charge in [-0.2, -0.15) is 0 Å². The highest BCUT2D eigenvalue weighted by Gasteiger charge is 2.69. The van der Waals surface area contributed by atoms with Crippen molar-refractivity contribution in [2.24, 2.45) is 29.6 Å². The molecule has 6 fully saturated rings. The summed E-state index contributed by atoms with van der Waals surface area (Å²) in [6.45, 7) is 7.20. The first-order valence-electron chi connectivity index (χ1n) is 12.3. The molecule has 6 rings (SSSR count). The Kier molecular flexibility index (Phi) is 5.45. The molecule has 0 radical (unpaired) electrons. The summed E-state index contributed by atoms with van der Waals surface area (Å²) in [7, 11) is 1.95. The van der Waals surface area contributed by atoms with Crippen LogP contribution in [0.2, 0.25) is 0 Å². The van der Waals surface area contributed by atoms with E-state index in [9.17, 15) is 4.79 Å². The molecule has 1 amide bonds. The number of fused-ring (bicyclic) bond motifs is 2. The number of amides is 1. The molecule has 170 valence electrons. The molecule has 4 saturated heterocycles. The van der Waals surface area contributed by atoms with Crippen LogP contribution in [-0.4, -0.2) is 48.2 Å². The number of hydrogen-bond donors (Lipinski definition) is 0. The summed E-state index contributed by atoms with van der Waals surface area (Å²) in [4.78, 5) is 27.1. The molecular formula is C24H39NO5. The maximum Gasteiger partial charge on any atom is 0.225 e. The van der Waals surface area contributed by atoms with E-state index in [-0.39, 0.29) is 23.8 Å². The van der Waals surface area contributed by atoms with Crippen molar-refractivity contribution in [1.29, 1.82) is 0 Å². The molecule has 6 nitrogen and oxygen atoms in total. The summed E-state index contributed by atoms with van der Waals surface area (Å²) in [6, 6.07) is 0. The molecule has 30 heavy (non-hydrogen) atoms. The van der Waals surface area contributed by atoms with Crippen LogP contribution in [-0.2, 0) is 24.0 Å². The Morgan fingerprint density at radius 2 is 1.77 bits per heavy atom. The topological polar surface area (TPSA) is 57.2 Å². The van der Waals surface area contributed by atoms with Gasteiger partial charge >= 0.3 is 0 Å². The molecule has 4 heterocycles. The molecule has 2 bridgehead atoms. The Hall–Kier alpha value is -0.690. The van der Waals surface area contributed by atoms with Gasteiger partial charge < -0.3 is 14.4 Å². The Morgan fingerprint density at radius 3 is 2.53 bits per heavy atom. The molecule has 0 aromatic heterocycles. The van der Waals surface area contributed by atoms with Gasteiger partial charge in [0.05, 0.1) is 6.10 Å². The van der Waals surface area contributed by atoms with Crippen molar-refractivity contribution in [3.8, 4) is 0 Å². The summed E-state index contributed by atoms with van der Waals surface area (Å²) < 4.78 is 13.1. The molecule has 2 aliphatic carbocycles. The number of likely N-dealkylation sites (N-methyl/N-ethyl adjacent to an activating group) is 1. The molecule has 2 saturated carbocycles. The first-order valence-corrected chi connectivity index (χ1v) is 12.3. The number of carbonyl (C=O) groups excluding carboxylic acids is 1. The molecule has 0 aromatic carbocycles. The zero-order valence-electron chi connectivity index (χ0n) is 19.1. The number of ether oxygens (including phenoxy) is 2. The smallest absolute Gasteiger partial charge is 0.225 e. The first kappa shape index (κ1) is 21.2. The minimum Gasteiger partial charge on any atom is -0.344 e. The monoisotopic (exact) mass is 421 g/mol. The predicted octanol–water partition coefficient (Wildman–Crippen LogP) is 4.28. The van der Waals surface area contributed by atoms with Gasteiger partial charge in [-0.3, -0.25) is 4.79 Å². The Morgan fingerprint density at radius 1 is 1.00 bits per heavy atom. The summed E-state index contributed by atoms with van der Waals surface area (Å²) in [5.74, 6) is 1.29.